The van der Waals surface area contributed by atoms with Gasteiger partial charge in [0, 0.05) is 5.56 Å². The molecule has 1 amide bonds. The van der Waals surface area contributed by atoms with Crippen LogP contribution in [-0.2, 0) is 11.2 Å². The first-order chi connectivity index (χ1) is 16.9. The maximum absolute atomic E-state index is 13.9. The van der Waals surface area contributed by atoms with Gasteiger partial charge >= 0.3 is 0 Å². The number of anilines is 1. The molecule has 0 saturated carbocycles. The molecule has 1 atom stereocenters. The van der Waals surface area contributed by atoms with Crippen LogP contribution in [0.1, 0.15) is 44.5 Å². The Labute approximate surface area is 210 Å². The Bertz CT molecular complexity index is 1460. The summed E-state index contributed by atoms with van der Waals surface area (Å²) in [6, 6.07) is 16.5. The van der Waals surface area contributed by atoms with Crippen molar-refractivity contribution in [3.63, 3.8) is 0 Å². The summed E-state index contributed by atoms with van der Waals surface area (Å²) in [6.07, 6.45) is 0.860. The van der Waals surface area contributed by atoms with Crippen molar-refractivity contribution in [1.29, 1.82) is 0 Å². The van der Waals surface area contributed by atoms with Crippen LogP contribution in [0.25, 0.3) is 10.6 Å². The van der Waals surface area contributed by atoms with Gasteiger partial charge in [-0.2, -0.15) is 0 Å². The van der Waals surface area contributed by atoms with Crippen molar-refractivity contribution in [3.05, 3.63) is 92.6 Å². The van der Waals surface area contributed by atoms with Gasteiger partial charge in [-0.05, 0) is 31.4 Å². The van der Waals surface area contributed by atoms with Gasteiger partial charge in [-0.15, -0.1) is 21.5 Å². The molecule has 1 aliphatic rings. The maximum Gasteiger partial charge on any atom is 0.296 e. The SMILES string of the molecule is CCc1ccc(C2C(C(=O)c3sc(-c4ccccc4)nc3C)=C(O)C(=O)N2c2nnc(C)s2)cc1. The Balaban J connectivity index is 1.62. The summed E-state index contributed by atoms with van der Waals surface area (Å²) < 4.78 is 0. The van der Waals surface area contributed by atoms with E-state index >= 15 is 0 Å². The molecule has 0 saturated heterocycles. The van der Waals surface area contributed by atoms with Gasteiger partial charge in [0.05, 0.1) is 22.2 Å². The van der Waals surface area contributed by atoms with E-state index in [-0.39, 0.29) is 5.57 Å². The fourth-order valence-electron chi connectivity index (χ4n) is 4.10. The molecule has 1 unspecified atom stereocenters. The Kier molecular flexibility index (Phi) is 6.04. The van der Waals surface area contributed by atoms with Crippen molar-refractivity contribution >= 4 is 39.5 Å². The highest BCUT2D eigenvalue weighted by Gasteiger charge is 2.46. The molecule has 4 aromatic rings. The van der Waals surface area contributed by atoms with Crippen molar-refractivity contribution in [2.45, 2.75) is 33.2 Å². The summed E-state index contributed by atoms with van der Waals surface area (Å²) >= 11 is 2.49. The van der Waals surface area contributed by atoms with Crippen LogP contribution < -0.4 is 4.90 Å². The van der Waals surface area contributed by atoms with E-state index in [0.29, 0.717) is 31.3 Å². The zero-order valence-electron chi connectivity index (χ0n) is 19.3. The minimum absolute atomic E-state index is 0.0264. The standard InChI is InChI=1S/C26H22N4O3S2/c1-4-16-10-12-17(13-11-16)20-19(22(32)25(33)30(20)26-29-28-15(3)34-26)21(31)23-14(2)27-24(35-23)18-8-6-5-7-9-18/h5-13,20,32H,4H2,1-3H3. The third kappa shape index (κ3) is 4.06. The topological polar surface area (TPSA) is 96.3 Å². The first kappa shape index (κ1) is 23.1. The normalized spacial score (nSPS) is 15.8. The number of aliphatic hydroxyl groups excluding tert-OH is 1. The highest BCUT2D eigenvalue weighted by Crippen LogP contribution is 2.44. The first-order valence-corrected chi connectivity index (χ1v) is 12.8. The molecule has 0 radical (unpaired) electrons. The summed E-state index contributed by atoms with van der Waals surface area (Å²) in [6.45, 7) is 5.61. The van der Waals surface area contributed by atoms with Crippen molar-refractivity contribution in [1.82, 2.24) is 15.2 Å². The van der Waals surface area contributed by atoms with Gasteiger partial charge in [0.25, 0.3) is 5.91 Å². The van der Waals surface area contributed by atoms with Crippen LogP contribution in [0.5, 0.6) is 0 Å². The fraction of sp³-hybridized carbons (Fsp3) is 0.192. The van der Waals surface area contributed by atoms with Crippen LogP contribution in [0, 0.1) is 13.8 Å². The smallest absolute Gasteiger partial charge is 0.296 e. The summed E-state index contributed by atoms with van der Waals surface area (Å²) in [5, 5.41) is 20.9. The predicted octanol–water partition coefficient (Wildman–Crippen LogP) is 5.62. The molecule has 1 N–H and O–H groups in total. The Morgan fingerprint density at radius 3 is 2.37 bits per heavy atom. The number of rotatable bonds is 6. The van der Waals surface area contributed by atoms with E-state index in [4.69, 9.17) is 0 Å². The van der Waals surface area contributed by atoms with Gasteiger partial charge in [0.2, 0.25) is 10.9 Å². The lowest BCUT2D eigenvalue weighted by Crippen LogP contribution is -2.31. The largest absolute Gasteiger partial charge is 0.503 e. The second-order valence-corrected chi connectivity index (χ2v) is 10.3. The van der Waals surface area contributed by atoms with E-state index < -0.39 is 23.5 Å². The first-order valence-electron chi connectivity index (χ1n) is 11.1. The molecule has 7 nitrogen and oxygen atoms in total. The molecule has 0 spiro atoms. The van der Waals surface area contributed by atoms with E-state index in [1.165, 1.54) is 27.6 Å². The maximum atomic E-state index is 13.9. The number of aliphatic hydroxyl groups is 1. The van der Waals surface area contributed by atoms with Crippen molar-refractivity contribution in [2.75, 3.05) is 4.90 Å². The second-order valence-electron chi connectivity index (χ2n) is 8.17. The third-order valence-corrected chi connectivity index (χ3v) is 7.94. The number of thiazole rings is 1. The fourth-order valence-corrected chi connectivity index (χ4v) is 5.84. The molecule has 0 aliphatic carbocycles. The number of nitrogens with zero attached hydrogens (tertiary/aromatic N) is 4. The zero-order valence-corrected chi connectivity index (χ0v) is 21.0. The number of amides is 1. The zero-order chi connectivity index (χ0) is 24.7. The van der Waals surface area contributed by atoms with Crippen molar-refractivity contribution < 1.29 is 14.7 Å². The molecule has 2 aromatic heterocycles. The molecule has 0 bridgehead atoms. The predicted molar refractivity (Wildman–Crippen MR) is 137 cm³/mol. The second kappa shape index (κ2) is 9.16. The molecule has 3 heterocycles. The van der Waals surface area contributed by atoms with Gasteiger partial charge in [0.1, 0.15) is 10.0 Å². The summed E-state index contributed by atoms with van der Waals surface area (Å²) in [7, 11) is 0. The lowest BCUT2D eigenvalue weighted by Gasteiger charge is -2.24. The van der Waals surface area contributed by atoms with Crippen molar-refractivity contribution in [2.24, 2.45) is 0 Å². The van der Waals surface area contributed by atoms with Gasteiger partial charge in [0.15, 0.2) is 5.76 Å². The van der Waals surface area contributed by atoms with Crippen LogP contribution >= 0.6 is 22.7 Å². The third-order valence-electron chi connectivity index (χ3n) is 5.90. The molecular weight excluding hydrogens is 480 g/mol. The van der Waals surface area contributed by atoms with Crippen LogP contribution in [0.2, 0.25) is 0 Å². The van der Waals surface area contributed by atoms with Crippen LogP contribution in [0.3, 0.4) is 0 Å². The summed E-state index contributed by atoms with van der Waals surface area (Å²) in [5.41, 5.74) is 3.32. The quantitative estimate of drug-likeness (QED) is 0.344. The monoisotopic (exact) mass is 502 g/mol. The number of Topliss-reactive ketones (excluding diaryl/α,β-unsaturated/α-hetero) is 1. The van der Waals surface area contributed by atoms with Crippen LogP contribution in [0.15, 0.2) is 65.9 Å². The highest BCUT2D eigenvalue weighted by atomic mass is 32.1. The van der Waals surface area contributed by atoms with E-state index in [0.717, 1.165) is 17.5 Å². The minimum Gasteiger partial charge on any atom is -0.503 e. The summed E-state index contributed by atoms with van der Waals surface area (Å²) in [5.74, 6) is -1.65. The number of hydrogen-bond donors (Lipinski definition) is 1. The van der Waals surface area contributed by atoms with Crippen LogP contribution in [-0.4, -0.2) is 32.0 Å². The Morgan fingerprint density at radius 2 is 1.74 bits per heavy atom. The number of aryl methyl sites for hydroxylation is 3. The molecule has 35 heavy (non-hydrogen) atoms. The average molecular weight is 503 g/mol. The minimum atomic E-state index is -0.824. The number of ketones is 1. The van der Waals surface area contributed by atoms with E-state index in [1.54, 1.807) is 13.8 Å². The van der Waals surface area contributed by atoms with Gasteiger partial charge in [-0.25, -0.2) is 4.98 Å². The van der Waals surface area contributed by atoms with E-state index in [2.05, 4.69) is 22.1 Å². The molecule has 9 heteroatoms. The lowest BCUT2D eigenvalue weighted by atomic mass is 9.94. The van der Waals surface area contributed by atoms with Crippen LogP contribution in [0.4, 0.5) is 5.13 Å². The van der Waals surface area contributed by atoms with Crippen molar-refractivity contribution in [3.8, 4) is 10.6 Å². The number of carbonyl (C=O) groups is 2. The van der Waals surface area contributed by atoms with Gasteiger partial charge < -0.3 is 5.11 Å². The van der Waals surface area contributed by atoms with E-state index in [1.807, 2.05) is 54.6 Å². The Morgan fingerprint density at radius 1 is 1.03 bits per heavy atom. The highest BCUT2D eigenvalue weighted by molar-refractivity contribution is 7.17. The molecular formula is C26H22N4O3S2. The lowest BCUT2D eigenvalue weighted by molar-refractivity contribution is -0.117. The molecule has 1 aliphatic heterocycles. The number of carbonyl (C=O) groups excluding carboxylic acids is 2. The molecule has 176 valence electrons. The van der Waals surface area contributed by atoms with E-state index in [9.17, 15) is 14.7 Å². The molecule has 5 rings (SSSR count). The average Bonchev–Trinajstić information content (AvgIpc) is 3.55. The molecule has 2 aromatic carbocycles. The number of hydrogen-bond acceptors (Lipinski definition) is 8. The van der Waals surface area contributed by atoms with Gasteiger partial charge in [-0.1, -0.05) is 72.9 Å². The Hall–Kier alpha value is -3.69. The summed E-state index contributed by atoms with van der Waals surface area (Å²) in [4.78, 5) is 33.5. The number of benzene rings is 2. The van der Waals surface area contributed by atoms with Gasteiger partial charge in [-0.3, -0.25) is 14.5 Å². The molecule has 0 fully saturated rings. The number of aromatic nitrogens is 3.